The number of hydrogen-bond donors (Lipinski definition) is 0. The minimum absolute atomic E-state index is 0.368. The van der Waals surface area contributed by atoms with Crippen molar-refractivity contribution < 1.29 is 4.74 Å². The Morgan fingerprint density at radius 3 is 2.83 bits per heavy atom. The fourth-order valence-corrected chi connectivity index (χ4v) is 1.92. The fourth-order valence-electron chi connectivity index (χ4n) is 1.41. The molecule has 2 rings (SSSR count). The molecule has 0 spiro atoms. The summed E-state index contributed by atoms with van der Waals surface area (Å²) in [4.78, 5) is 3.99. The molecule has 0 amide bonds. The van der Waals surface area contributed by atoms with Crippen molar-refractivity contribution in [2.75, 3.05) is 0 Å². The third-order valence-corrected chi connectivity index (χ3v) is 2.97. The van der Waals surface area contributed by atoms with E-state index in [-0.39, 0.29) is 0 Å². The van der Waals surface area contributed by atoms with Crippen molar-refractivity contribution >= 4 is 27.5 Å². The lowest BCUT2D eigenvalue weighted by molar-refractivity contribution is 0.478. The van der Waals surface area contributed by atoms with Gasteiger partial charge in [0.15, 0.2) is 0 Å². The zero-order valence-corrected chi connectivity index (χ0v) is 11.6. The molecule has 0 saturated carbocycles. The molecule has 18 heavy (non-hydrogen) atoms. The van der Waals surface area contributed by atoms with Crippen molar-refractivity contribution in [2.24, 2.45) is 0 Å². The largest absolute Gasteiger partial charge is 0.454 e. The standard InChI is InChI=1S/C13H8BrClN2O/c14-11-4-12(8-17-7-11)18-13-2-1-9(5-15)3-10(13)6-16/h1-4,7-8H,5H2. The number of rotatable bonds is 3. The maximum absolute atomic E-state index is 9.07. The summed E-state index contributed by atoms with van der Waals surface area (Å²) in [6, 6.07) is 9.15. The minimum Gasteiger partial charge on any atom is -0.454 e. The summed E-state index contributed by atoms with van der Waals surface area (Å²) in [5.74, 6) is 1.43. The van der Waals surface area contributed by atoms with Gasteiger partial charge in [0.25, 0.3) is 0 Å². The molecule has 0 radical (unpaired) electrons. The van der Waals surface area contributed by atoms with Gasteiger partial charge in [0.2, 0.25) is 0 Å². The van der Waals surface area contributed by atoms with Crippen molar-refractivity contribution in [3.8, 4) is 17.6 Å². The molecule has 0 bridgehead atoms. The number of nitrogens with zero attached hydrogens (tertiary/aromatic N) is 2. The van der Waals surface area contributed by atoms with Crippen LogP contribution in [0.15, 0.2) is 41.1 Å². The average Bonchev–Trinajstić information content (AvgIpc) is 2.39. The maximum atomic E-state index is 9.07. The van der Waals surface area contributed by atoms with Crippen molar-refractivity contribution in [1.29, 1.82) is 5.26 Å². The van der Waals surface area contributed by atoms with Gasteiger partial charge < -0.3 is 4.74 Å². The van der Waals surface area contributed by atoms with Crippen LogP contribution in [-0.4, -0.2) is 4.98 Å². The van der Waals surface area contributed by atoms with Gasteiger partial charge in [-0.15, -0.1) is 11.6 Å². The highest BCUT2D eigenvalue weighted by Crippen LogP contribution is 2.27. The van der Waals surface area contributed by atoms with Crippen LogP contribution < -0.4 is 4.74 Å². The fraction of sp³-hybridized carbons (Fsp3) is 0.0769. The molecule has 1 heterocycles. The van der Waals surface area contributed by atoms with Gasteiger partial charge in [-0.05, 0) is 39.7 Å². The van der Waals surface area contributed by atoms with Crippen molar-refractivity contribution in [1.82, 2.24) is 4.98 Å². The van der Waals surface area contributed by atoms with E-state index in [1.165, 1.54) is 0 Å². The molecule has 0 N–H and O–H groups in total. The molecule has 1 aromatic heterocycles. The van der Waals surface area contributed by atoms with Crippen LogP contribution in [0.5, 0.6) is 11.5 Å². The summed E-state index contributed by atoms with van der Waals surface area (Å²) in [5.41, 5.74) is 1.33. The molecule has 0 saturated heterocycles. The first-order valence-corrected chi connectivity index (χ1v) is 6.43. The second kappa shape index (κ2) is 5.85. The third kappa shape index (κ3) is 3.00. The molecule has 0 atom stereocenters. The first-order chi connectivity index (χ1) is 8.72. The van der Waals surface area contributed by atoms with Gasteiger partial charge in [-0.2, -0.15) is 5.26 Å². The van der Waals surface area contributed by atoms with E-state index in [0.717, 1.165) is 10.0 Å². The Labute approximate surface area is 118 Å². The van der Waals surface area contributed by atoms with Gasteiger partial charge in [-0.1, -0.05) is 6.07 Å². The number of alkyl halides is 1. The highest BCUT2D eigenvalue weighted by molar-refractivity contribution is 9.10. The lowest BCUT2D eigenvalue weighted by atomic mass is 10.1. The van der Waals surface area contributed by atoms with E-state index in [1.807, 2.05) is 6.07 Å². The Morgan fingerprint density at radius 1 is 1.33 bits per heavy atom. The topological polar surface area (TPSA) is 45.9 Å². The molecule has 3 nitrogen and oxygen atoms in total. The SMILES string of the molecule is N#Cc1cc(CCl)ccc1Oc1cncc(Br)c1. The predicted octanol–water partition coefficient (Wildman–Crippen LogP) is 4.25. The molecule has 2 aromatic rings. The summed E-state index contributed by atoms with van der Waals surface area (Å²) in [7, 11) is 0. The van der Waals surface area contributed by atoms with Crippen LogP contribution in [0.3, 0.4) is 0 Å². The molecule has 0 unspecified atom stereocenters. The summed E-state index contributed by atoms with van der Waals surface area (Å²) in [6.07, 6.45) is 3.25. The zero-order chi connectivity index (χ0) is 13.0. The van der Waals surface area contributed by atoms with Gasteiger partial charge in [0.05, 0.1) is 11.8 Å². The lowest BCUT2D eigenvalue weighted by Gasteiger charge is -2.08. The minimum atomic E-state index is 0.368. The van der Waals surface area contributed by atoms with Crippen molar-refractivity contribution in [3.05, 3.63) is 52.3 Å². The third-order valence-electron chi connectivity index (χ3n) is 2.23. The number of ether oxygens (including phenoxy) is 1. The summed E-state index contributed by atoms with van der Waals surface area (Å²) in [6.45, 7) is 0. The zero-order valence-electron chi connectivity index (χ0n) is 9.23. The number of pyridine rings is 1. The quantitative estimate of drug-likeness (QED) is 0.793. The number of halogens is 2. The molecule has 0 fully saturated rings. The molecule has 5 heteroatoms. The van der Waals surface area contributed by atoms with Gasteiger partial charge in [-0.25, -0.2) is 0 Å². The van der Waals surface area contributed by atoms with E-state index in [2.05, 4.69) is 27.0 Å². The number of nitriles is 1. The molecule has 0 aliphatic carbocycles. The van der Waals surface area contributed by atoms with E-state index in [0.29, 0.717) is 22.9 Å². The Hall–Kier alpha value is -1.57. The first-order valence-electron chi connectivity index (χ1n) is 5.10. The Morgan fingerprint density at radius 2 is 2.17 bits per heavy atom. The van der Waals surface area contributed by atoms with Gasteiger partial charge in [0, 0.05) is 16.5 Å². The number of benzene rings is 1. The van der Waals surface area contributed by atoms with E-state index >= 15 is 0 Å². The van der Waals surface area contributed by atoms with Crippen molar-refractivity contribution in [3.63, 3.8) is 0 Å². The average molecular weight is 324 g/mol. The lowest BCUT2D eigenvalue weighted by Crippen LogP contribution is -1.90. The monoisotopic (exact) mass is 322 g/mol. The van der Waals surface area contributed by atoms with Crippen LogP contribution in [0.4, 0.5) is 0 Å². The second-order valence-electron chi connectivity index (χ2n) is 3.52. The number of aromatic nitrogens is 1. The van der Waals surface area contributed by atoms with Gasteiger partial charge >= 0.3 is 0 Å². The normalized spacial score (nSPS) is 9.83. The molecule has 0 aliphatic rings. The van der Waals surface area contributed by atoms with E-state index in [4.69, 9.17) is 21.6 Å². The van der Waals surface area contributed by atoms with E-state index in [1.54, 1.807) is 30.6 Å². The van der Waals surface area contributed by atoms with Crippen molar-refractivity contribution in [2.45, 2.75) is 5.88 Å². The predicted molar refractivity (Wildman–Crippen MR) is 72.7 cm³/mol. The molecule has 1 aromatic carbocycles. The van der Waals surface area contributed by atoms with Crippen LogP contribution in [-0.2, 0) is 5.88 Å². The Bertz CT molecular complexity index is 610. The molecule has 0 aliphatic heterocycles. The molecular weight excluding hydrogens is 316 g/mol. The van der Waals surface area contributed by atoms with Crippen LogP contribution in [0.1, 0.15) is 11.1 Å². The maximum Gasteiger partial charge on any atom is 0.146 e. The molecular formula is C13H8BrClN2O. The smallest absolute Gasteiger partial charge is 0.146 e. The molecule has 90 valence electrons. The van der Waals surface area contributed by atoms with Crippen LogP contribution in [0, 0.1) is 11.3 Å². The van der Waals surface area contributed by atoms with E-state index in [9.17, 15) is 0 Å². The van der Waals surface area contributed by atoms with Gasteiger partial charge in [0.1, 0.15) is 17.6 Å². The Kier molecular flexibility index (Phi) is 4.19. The highest BCUT2D eigenvalue weighted by Gasteiger charge is 2.06. The Balaban J connectivity index is 2.32. The summed E-state index contributed by atoms with van der Waals surface area (Å²) < 4.78 is 6.44. The van der Waals surface area contributed by atoms with Crippen LogP contribution in [0.2, 0.25) is 0 Å². The van der Waals surface area contributed by atoms with Gasteiger partial charge in [-0.3, -0.25) is 4.98 Å². The number of hydrogen-bond acceptors (Lipinski definition) is 3. The first kappa shape index (κ1) is 12.9. The van der Waals surface area contributed by atoms with Crippen LogP contribution in [0.25, 0.3) is 0 Å². The second-order valence-corrected chi connectivity index (χ2v) is 4.70. The van der Waals surface area contributed by atoms with Crippen LogP contribution >= 0.6 is 27.5 Å². The summed E-state index contributed by atoms with van der Waals surface area (Å²) >= 11 is 9.03. The summed E-state index contributed by atoms with van der Waals surface area (Å²) in [5, 5.41) is 9.07. The highest BCUT2D eigenvalue weighted by atomic mass is 79.9. The van der Waals surface area contributed by atoms with E-state index < -0.39 is 0 Å².